The first-order valence-corrected chi connectivity index (χ1v) is 13.8. The Balaban J connectivity index is 1.50. The molecule has 0 atom stereocenters. The highest BCUT2D eigenvalue weighted by Gasteiger charge is 2.17. The maximum absolute atomic E-state index is 5.81. The Morgan fingerprint density at radius 2 is 1.58 bits per heavy atom. The Morgan fingerprint density at radius 3 is 2.42 bits per heavy atom. The van der Waals surface area contributed by atoms with E-state index in [4.69, 9.17) is 9.72 Å². The minimum Gasteiger partial charge on any atom is -0.494 e. The summed E-state index contributed by atoms with van der Waals surface area (Å²) in [4.78, 5) is 7.44. The summed E-state index contributed by atoms with van der Waals surface area (Å²) >= 11 is 0. The summed E-state index contributed by atoms with van der Waals surface area (Å²) in [6.45, 7) is 8.40. The van der Waals surface area contributed by atoms with E-state index in [1.54, 1.807) is 0 Å². The smallest absolute Gasteiger partial charge is 0.140 e. The Kier molecular flexibility index (Phi) is 8.52. The van der Waals surface area contributed by atoms with Crippen LogP contribution in [0, 0.1) is 0 Å². The van der Waals surface area contributed by atoms with Crippen LogP contribution in [0.5, 0.6) is 5.75 Å². The molecule has 0 fully saturated rings. The Hall–Kier alpha value is -3.89. The van der Waals surface area contributed by atoms with Gasteiger partial charge in [-0.15, -0.1) is 0 Å². The molecule has 0 N–H and O–H groups in total. The van der Waals surface area contributed by atoms with Crippen LogP contribution in [0.15, 0.2) is 103 Å². The molecule has 1 aromatic heterocycles. The fraction of sp³-hybridized carbons (Fsp3) is 0.265. The zero-order valence-electron chi connectivity index (χ0n) is 22.5. The molecule has 0 aliphatic rings. The minimum atomic E-state index is 0.669. The lowest BCUT2D eigenvalue weighted by molar-refractivity contribution is 0.241. The number of ether oxygens (including phenoxy) is 1. The van der Waals surface area contributed by atoms with Gasteiger partial charge in [0.2, 0.25) is 0 Å². The average Bonchev–Trinajstić information content (AvgIpc) is 3.35. The van der Waals surface area contributed by atoms with Gasteiger partial charge in [0.15, 0.2) is 0 Å². The van der Waals surface area contributed by atoms with Crippen molar-refractivity contribution >= 4 is 10.8 Å². The Labute approximate surface area is 226 Å². The highest BCUT2D eigenvalue weighted by atomic mass is 16.5. The summed E-state index contributed by atoms with van der Waals surface area (Å²) < 4.78 is 8.23. The lowest BCUT2D eigenvalue weighted by Gasteiger charge is -2.25. The fourth-order valence-electron chi connectivity index (χ4n) is 5.15. The number of aromatic nitrogens is 2. The molecule has 38 heavy (non-hydrogen) atoms. The van der Waals surface area contributed by atoms with Gasteiger partial charge in [0.05, 0.1) is 18.5 Å². The topological polar surface area (TPSA) is 30.3 Å². The molecule has 194 valence electrons. The number of hydrogen-bond acceptors (Lipinski definition) is 3. The lowest BCUT2D eigenvalue weighted by Crippen LogP contribution is -2.24. The van der Waals surface area contributed by atoms with Crippen molar-refractivity contribution in [1.29, 1.82) is 0 Å². The van der Waals surface area contributed by atoms with Crippen molar-refractivity contribution in [1.82, 2.24) is 14.5 Å². The quantitative estimate of drug-likeness (QED) is 0.172. The number of benzene rings is 4. The van der Waals surface area contributed by atoms with Crippen LogP contribution in [0.1, 0.15) is 43.5 Å². The molecular weight excluding hydrogens is 466 g/mol. The lowest BCUT2D eigenvalue weighted by atomic mass is 10.0. The molecule has 4 nitrogen and oxygen atoms in total. The number of imidazole rings is 1. The van der Waals surface area contributed by atoms with Crippen LogP contribution < -0.4 is 4.74 Å². The van der Waals surface area contributed by atoms with Gasteiger partial charge < -0.3 is 9.30 Å². The molecule has 4 heteroatoms. The average molecular weight is 504 g/mol. The molecule has 0 bridgehead atoms. The summed E-state index contributed by atoms with van der Waals surface area (Å²) in [5, 5.41) is 2.59. The van der Waals surface area contributed by atoms with Crippen molar-refractivity contribution in [2.75, 3.05) is 6.61 Å². The second-order valence-corrected chi connectivity index (χ2v) is 9.81. The van der Waals surface area contributed by atoms with Crippen LogP contribution in [-0.4, -0.2) is 21.1 Å². The van der Waals surface area contributed by atoms with Gasteiger partial charge in [-0.2, -0.15) is 0 Å². The first-order valence-electron chi connectivity index (χ1n) is 13.8. The largest absolute Gasteiger partial charge is 0.494 e. The Bertz CT molecular complexity index is 1450. The summed E-state index contributed by atoms with van der Waals surface area (Å²) in [6, 6.07) is 34.3. The van der Waals surface area contributed by atoms with Crippen LogP contribution in [0.2, 0.25) is 0 Å². The third kappa shape index (κ3) is 6.15. The molecule has 5 rings (SSSR count). The van der Waals surface area contributed by atoms with Crippen LogP contribution in [0.3, 0.4) is 0 Å². The molecule has 0 unspecified atom stereocenters. The Morgan fingerprint density at radius 1 is 0.789 bits per heavy atom. The monoisotopic (exact) mass is 503 g/mol. The van der Waals surface area contributed by atoms with Crippen molar-refractivity contribution in [2.24, 2.45) is 0 Å². The van der Waals surface area contributed by atoms with Crippen molar-refractivity contribution < 1.29 is 4.74 Å². The summed E-state index contributed by atoms with van der Waals surface area (Å²) in [5.41, 5.74) is 5.00. The van der Waals surface area contributed by atoms with Crippen molar-refractivity contribution in [2.45, 2.75) is 52.9 Å². The second-order valence-electron chi connectivity index (χ2n) is 9.81. The van der Waals surface area contributed by atoms with E-state index in [2.05, 4.69) is 114 Å². The molecule has 1 heterocycles. The van der Waals surface area contributed by atoms with Crippen LogP contribution in [0.25, 0.3) is 22.2 Å². The van der Waals surface area contributed by atoms with Crippen molar-refractivity contribution in [3.05, 3.63) is 120 Å². The second kappa shape index (κ2) is 12.6. The molecule has 0 radical (unpaired) electrons. The first kappa shape index (κ1) is 25.7. The van der Waals surface area contributed by atoms with Gasteiger partial charge in [-0.3, -0.25) is 4.90 Å². The number of nitrogens with zero attached hydrogens (tertiary/aromatic N) is 3. The minimum absolute atomic E-state index is 0.669. The molecule has 0 aliphatic heterocycles. The summed E-state index contributed by atoms with van der Waals surface area (Å²) in [5.74, 6) is 1.98. The van der Waals surface area contributed by atoms with E-state index >= 15 is 0 Å². The van der Waals surface area contributed by atoms with Gasteiger partial charge >= 0.3 is 0 Å². The van der Waals surface area contributed by atoms with E-state index in [1.165, 1.54) is 33.2 Å². The van der Waals surface area contributed by atoms with E-state index in [1.807, 2.05) is 13.0 Å². The zero-order chi connectivity index (χ0) is 26.2. The SMILES string of the molecule is CCCCn1c(CN(Cc2cccc(OCC)c2)Cc2cccc3ccccc23)cnc1-c1ccccc1. The maximum atomic E-state index is 5.81. The van der Waals surface area contributed by atoms with E-state index in [-0.39, 0.29) is 0 Å². The van der Waals surface area contributed by atoms with Crippen molar-refractivity contribution in [3.63, 3.8) is 0 Å². The van der Waals surface area contributed by atoms with Gasteiger partial charge in [0, 0.05) is 31.7 Å². The van der Waals surface area contributed by atoms with E-state index < -0.39 is 0 Å². The van der Waals surface area contributed by atoms with E-state index in [9.17, 15) is 0 Å². The van der Waals surface area contributed by atoms with E-state index in [0.717, 1.165) is 50.6 Å². The van der Waals surface area contributed by atoms with E-state index in [0.29, 0.717) is 6.61 Å². The van der Waals surface area contributed by atoms with Crippen LogP contribution in [0.4, 0.5) is 0 Å². The third-order valence-corrected chi connectivity index (χ3v) is 6.98. The number of fused-ring (bicyclic) bond motifs is 1. The van der Waals surface area contributed by atoms with Gasteiger partial charge in [-0.05, 0) is 47.4 Å². The van der Waals surface area contributed by atoms with Crippen molar-refractivity contribution in [3.8, 4) is 17.1 Å². The van der Waals surface area contributed by atoms with Gasteiger partial charge in [0.25, 0.3) is 0 Å². The maximum Gasteiger partial charge on any atom is 0.140 e. The number of unbranched alkanes of at least 4 members (excludes halogenated alkanes) is 1. The first-order chi connectivity index (χ1) is 18.7. The van der Waals surface area contributed by atoms with Gasteiger partial charge in [-0.1, -0.05) is 98.3 Å². The molecule has 0 amide bonds. The van der Waals surface area contributed by atoms with Gasteiger partial charge in [0.1, 0.15) is 11.6 Å². The van der Waals surface area contributed by atoms with Crippen LogP contribution in [-0.2, 0) is 26.2 Å². The predicted octanol–water partition coefficient (Wildman–Crippen LogP) is 8.10. The molecule has 0 saturated heterocycles. The predicted molar refractivity (Wildman–Crippen MR) is 157 cm³/mol. The third-order valence-electron chi connectivity index (χ3n) is 6.98. The molecule has 0 spiro atoms. The number of rotatable bonds is 12. The molecule has 0 aliphatic carbocycles. The standard InChI is InChI=1S/C34H37N3O/c1-3-5-21-37-31(23-35-34(37)29-15-7-6-8-16-29)26-36(24-27-13-11-19-32(22-27)38-4-2)25-30-18-12-17-28-14-9-10-20-33(28)30/h6-20,22-23H,3-5,21,24-26H2,1-2H3. The molecule has 0 saturated carbocycles. The zero-order valence-corrected chi connectivity index (χ0v) is 22.5. The molecule has 4 aromatic carbocycles. The highest BCUT2D eigenvalue weighted by molar-refractivity contribution is 5.85. The molecular formula is C34H37N3O. The summed E-state index contributed by atoms with van der Waals surface area (Å²) in [6.07, 6.45) is 4.35. The molecule has 5 aromatic rings. The normalized spacial score (nSPS) is 11.3. The summed E-state index contributed by atoms with van der Waals surface area (Å²) in [7, 11) is 0. The fourth-order valence-corrected chi connectivity index (χ4v) is 5.15. The van der Waals surface area contributed by atoms with Crippen LogP contribution >= 0.6 is 0 Å². The highest BCUT2D eigenvalue weighted by Crippen LogP contribution is 2.25. The van der Waals surface area contributed by atoms with Gasteiger partial charge in [-0.25, -0.2) is 4.98 Å². The number of hydrogen-bond donors (Lipinski definition) is 0.